The largest absolute Gasteiger partial charge is 0.299 e. The molecule has 0 saturated carbocycles. The Morgan fingerprint density at radius 1 is 0.889 bits per heavy atom. The van der Waals surface area contributed by atoms with E-state index in [1.807, 2.05) is 0 Å². The van der Waals surface area contributed by atoms with Gasteiger partial charge in [-0.2, -0.15) is 0 Å². The lowest BCUT2D eigenvalue weighted by Crippen LogP contribution is -2.39. The maximum Gasteiger partial charge on any atom is 0.139 e. The van der Waals surface area contributed by atoms with Gasteiger partial charge in [-0.15, -0.1) is 0 Å². The molecule has 1 heteroatoms. The summed E-state index contributed by atoms with van der Waals surface area (Å²) in [5, 5.41) is 0. The summed E-state index contributed by atoms with van der Waals surface area (Å²) in [6, 6.07) is 8.99. The minimum absolute atomic E-state index is 0.0121. The third-order valence-corrected chi connectivity index (χ3v) is 6.90. The van der Waals surface area contributed by atoms with Crippen molar-refractivity contribution in [3.63, 3.8) is 0 Å². The lowest BCUT2D eigenvalue weighted by molar-refractivity contribution is -0.134. The number of benzene rings is 1. The van der Waals surface area contributed by atoms with Gasteiger partial charge in [0.05, 0.1) is 0 Å². The Bertz CT molecular complexity index is 570. The molecule has 0 radical (unpaired) electrons. The lowest BCUT2D eigenvalue weighted by atomic mass is 9.64. The Kier molecular flexibility index (Phi) is 9.25. The maximum absolute atomic E-state index is 13.3. The number of hydrogen-bond donors (Lipinski definition) is 0. The first kappa shape index (κ1) is 23.9. The van der Waals surface area contributed by atoms with Gasteiger partial charge in [-0.1, -0.05) is 105 Å². The molecule has 0 spiro atoms. The average molecular weight is 373 g/mol. The van der Waals surface area contributed by atoms with Crippen LogP contribution >= 0.6 is 0 Å². The van der Waals surface area contributed by atoms with Crippen molar-refractivity contribution in [3.05, 3.63) is 35.4 Å². The molecular formula is C26H44O. The van der Waals surface area contributed by atoms with E-state index in [9.17, 15) is 4.79 Å². The van der Waals surface area contributed by atoms with Gasteiger partial charge in [0.1, 0.15) is 5.78 Å². The van der Waals surface area contributed by atoms with Crippen molar-refractivity contribution in [2.24, 2.45) is 22.7 Å². The second-order valence-corrected chi connectivity index (χ2v) is 9.98. The summed E-state index contributed by atoms with van der Waals surface area (Å²) in [7, 11) is 0. The number of ketones is 1. The van der Waals surface area contributed by atoms with Crippen LogP contribution in [0.15, 0.2) is 24.3 Å². The second kappa shape index (κ2) is 10.4. The number of rotatable bonds is 11. The Labute approximate surface area is 169 Å². The third-order valence-electron chi connectivity index (χ3n) is 6.90. The molecule has 0 bridgehead atoms. The van der Waals surface area contributed by atoms with Gasteiger partial charge in [-0.3, -0.25) is 4.79 Å². The number of carbonyl (C=O) groups excluding carboxylic acids is 1. The van der Waals surface area contributed by atoms with Crippen LogP contribution in [0.4, 0.5) is 0 Å². The van der Waals surface area contributed by atoms with Crippen molar-refractivity contribution in [2.45, 2.75) is 100 Å². The molecule has 0 aliphatic carbocycles. The number of carbonyl (C=O) groups is 1. The van der Waals surface area contributed by atoms with Gasteiger partial charge in [0.25, 0.3) is 0 Å². The SMILES string of the molecule is CCCC(CCC)C(CC(=O)C(C)(C)C(C)(C)C)Cc1cccc(CC)c1. The molecule has 0 aliphatic heterocycles. The Balaban J connectivity index is 3.11. The van der Waals surface area contributed by atoms with Crippen molar-refractivity contribution in [3.8, 4) is 0 Å². The van der Waals surface area contributed by atoms with Crippen molar-refractivity contribution in [1.29, 1.82) is 0 Å². The van der Waals surface area contributed by atoms with Crippen LogP contribution in [0.3, 0.4) is 0 Å². The number of aryl methyl sites for hydroxylation is 1. The van der Waals surface area contributed by atoms with Gasteiger partial charge >= 0.3 is 0 Å². The molecule has 0 heterocycles. The van der Waals surface area contributed by atoms with Gasteiger partial charge < -0.3 is 0 Å². The molecule has 0 N–H and O–H groups in total. The van der Waals surface area contributed by atoms with E-state index in [2.05, 4.69) is 79.7 Å². The van der Waals surface area contributed by atoms with Crippen molar-refractivity contribution < 1.29 is 4.79 Å². The van der Waals surface area contributed by atoms with E-state index in [0.29, 0.717) is 24.0 Å². The van der Waals surface area contributed by atoms with Crippen LogP contribution in [0.1, 0.15) is 98.6 Å². The van der Waals surface area contributed by atoms with Gasteiger partial charge in [-0.05, 0) is 41.2 Å². The quantitative estimate of drug-likeness (QED) is 0.390. The minimum Gasteiger partial charge on any atom is -0.299 e. The van der Waals surface area contributed by atoms with Gasteiger partial charge in [-0.25, -0.2) is 0 Å². The predicted octanol–water partition coefficient (Wildman–Crippen LogP) is 7.66. The molecule has 0 amide bonds. The highest BCUT2D eigenvalue weighted by molar-refractivity contribution is 5.85. The fourth-order valence-electron chi connectivity index (χ4n) is 3.95. The van der Waals surface area contributed by atoms with E-state index in [1.54, 1.807) is 0 Å². The normalized spacial score (nSPS) is 13.8. The van der Waals surface area contributed by atoms with Crippen LogP contribution in [0.5, 0.6) is 0 Å². The molecule has 1 rings (SSSR count). The molecule has 27 heavy (non-hydrogen) atoms. The summed E-state index contributed by atoms with van der Waals surface area (Å²) < 4.78 is 0. The zero-order valence-corrected chi connectivity index (χ0v) is 19.3. The molecule has 0 aliphatic rings. The molecule has 1 aromatic rings. The topological polar surface area (TPSA) is 17.1 Å². The second-order valence-electron chi connectivity index (χ2n) is 9.98. The first-order valence-electron chi connectivity index (χ1n) is 11.2. The molecule has 0 saturated heterocycles. The summed E-state index contributed by atoms with van der Waals surface area (Å²) in [6.45, 7) is 17.6. The lowest BCUT2D eigenvalue weighted by Gasteiger charge is -2.39. The fourth-order valence-corrected chi connectivity index (χ4v) is 3.95. The summed E-state index contributed by atoms with van der Waals surface area (Å²) in [5.74, 6) is 1.53. The van der Waals surface area contributed by atoms with E-state index in [0.717, 1.165) is 12.8 Å². The van der Waals surface area contributed by atoms with Gasteiger partial charge in [0.15, 0.2) is 0 Å². The fraction of sp³-hybridized carbons (Fsp3) is 0.731. The van der Waals surface area contributed by atoms with Crippen LogP contribution in [0, 0.1) is 22.7 Å². The van der Waals surface area contributed by atoms with E-state index in [-0.39, 0.29) is 10.8 Å². The smallest absolute Gasteiger partial charge is 0.139 e. The predicted molar refractivity (Wildman–Crippen MR) is 119 cm³/mol. The molecule has 154 valence electrons. The van der Waals surface area contributed by atoms with E-state index < -0.39 is 0 Å². The Morgan fingerprint density at radius 3 is 1.93 bits per heavy atom. The molecule has 1 aromatic carbocycles. The summed E-state index contributed by atoms with van der Waals surface area (Å²) in [4.78, 5) is 13.3. The summed E-state index contributed by atoms with van der Waals surface area (Å²) in [5.41, 5.74) is 2.49. The van der Waals surface area contributed by atoms with Crippen LogP contribution in [0.25, 0.3) is 0 Å². The minimum atomic E-state index is -0.292. The first-order valence-corrected chi connectivity index (χ1v) is 11.2. The van der Waals surface area contributed by atoms with E-state index in [1.165, 1.54) is 36.8 Å². The molecule has 0 fully saturated rings. The zero-order chi connectivity index (χ0) is 20.7. The average Bonchev–Trinajstić information content (AvgIpc) is 2.60. The van der Waals surface area contributed by atoms with Crippen LogP contribution < -0.4 is 0 Å². The molecule has 1 atom stereocenters. The van der Waals surface area contributed by atoms with E-state index >= 15 is 0 Å². The zero-order valence-electron chi connectivity index (χ0n) is 19.3. The molecule has 1 nitrogen and oxygen atoms in total. The number of hydrogen-bond acceptors (Lipinski definition) is 1. The van der Waals surface area contributed by atoms with Gasteiger partial charge in [0, 0.05) is 11.8 Å². The number of Topliss-reactive ketones (excluding diaryl/α,β-unsaturated/α-hetero) is 1. The summed E-state index contributed by atoms with van der Waals surface area (Å²) >= 11 is 0. The third kappa shape index (κ3) is 6.77. The highest BCUT2D eigenvalue weighted by Crippen LogP contribution is 2.41. The first-order chi connectivity index (χ1) is 12.6. The Hall–Kier alpha value is -1.11. The van der Waals surface area contributed by atoms with E-state index in [4.69, 9.17) is 0 Å². The maximum atomic E-state index is 13.3. The van der Waals surface area contributed by atoms with Gasteiger partial charge in [0.2, 0.25) is 0 Å². The van der Waals surface area contributed by atoms with Crippen LogP contribution in [-0.2, 0) is 17.6 Å². The van der Waals surface area contributed by atoms with Crippen LogP contribution in [-0.4, -0.2) is 5.78 Å². The molecule has 0 aromatic heterocycles. The van der Waals surface area contributed by atoms with Crippen molar-refractivity contribution >= 4 is 5.78 Å². The monoisotopic (exact) mass is 372 g/mol. The summed E-state index contributed by atoms with van der Waals surface area (Å²) in [6.07, 6.45) is 7.68. The van der Waals surface area contributed by atoms with Crippen molar-refractivity contribution in [1.82, 2.24) is 0 Å². The van der Waals surface area contributed by atoms with Crippen LogP contribution in [0.2, 0.25) is 0 Å². The Morgan fingerprint density at radius 2 is 1.44 bits per heavy atom. The highest BCUT2D eigenvalue weighted by atomic mass is 16.1. The standard InChI is InChI=1S/C26H44O/c1-9-13-22(14-10-2)23(18-21-16-12-15-20(11-3)17-21)19-24(27)26(7,8)25(4,5)6/h12,15-17,22-23H,9-11,13-14,18-19H2,1-8H3. The molecule has 1 unspecified atom stereocenters. The highest BCUT2D eigenvalue weighted by Gasteiger charge is 2.40. The molecular weight excluding hydrogens is 328 g/mol. The van der Waals surface area contributed by atoms with Crippen molar-refractivity contribution in [2.75, 3.05) is 0 Å².